The molecule has 0 aromatic carbocycles. The third-order valence-electron chi connectivity index (χ3n) is 1.88. The molecule has 0 amide bonds. The molecule has 15 heavy (non-hydrogen) atoms. The van der Waals surface area contributed by atoms with Crippen molar-refractivity contribution in [2.24, 2.45) is 0 Å². The summed E-state index contributed by atoms with van der Waals surface area (Å²) in [6, 6.07) is 1.77. The standard InChI is InChI=1S/C9H9F2N3O/c1-15-9-5(2-3-12)7(8(10)11)6(13)4-14-9/h4,8H,2,13H2,1H3. The van der Waals surface area contributed by atoms with Crippen LogP contribution in [0.2, 0.25) is 0 Å². The van der Waals surface area contributed by atoms with Gasteiger partial charge in [0.15, 0.2) is 0 Å². The molecule has 0 aliphatic heterocycles. The maximum atomic E-state index is 12.7. The summed E-state index contributed by atoms with van der Waals surface area (Å²) in [6.45, 7) is 0. The zero-order valence-electron chi connectivity index (χ0n) is 8.00. The summed E-state index contributed by atoms with van der Waals surface area (Å²) >= 11 is 0. The third-order valence-corrected chi connectivity index (χ3v) is 1.88. The van der Waals surface area contributed by atoms with Gasteiger partial charge in [0, 0.05) is 5.56 Å². The van der Waals surface area contributed by atoms with Crippen LogP contribution in [-0.4, -0.2) is 12.1 Å². The number of nitrogens with two attached hydrogens (primary N) is 1. The number of methoxy groups -OCH3 is 1. The van der Waals surface area contributed by atoms with Gasteiger partial charge in [-0.05, 0) is 0 Å². The quantitative estimate of drug-likeness (QED) is 0.828. The van der Waals surface area contributed by atoms with Gasteiger partial charge in [-0.15, -0.1) is 0 Å². The molecule has 2 N–H and O–H groups in total. The summed E-state index contributed by atoms with van der Waals surface area (Å²) in [5.74, 6) is 0.0149. The van der Waals surface area contributed by atoms with Gasteiger partial charge in [-0.3, -0.25) is 0 Å². The van der Waals surface area contributed by atoms with Crippen LogP contribution in [0.5, 0.6) is 5.88 Å². The Bertz CT molecular complexity index is 401. The van der Waals surface area contributed by atoms with E-state index in [0.717, 1.165) is 6.20 Å². The molecular weight excluding hydrogens is 204 g/mol. The molecule has 0 fully saturated rings. The van der Waals surface area contributed by atoms with E-state index in [1.807, 2.05) is 0 Å². The largest absolute Gasteiger partial charge is 0.481 e. The number of pyridine rings is 1. The van der Waals surface area contributed by atoms with Crippen molar-refractivity contribution >= 4 is 5.69 Å². The monoisotopic (exact) mass is 213 g/mol. The molecule has 6 heteroatoms. The predicted molar refractivity (Wildman–Crippen MR) is 49.5 cm³/mol. The van der Waals surface area contributed by atoms with Gasteiger partial charge in [0.05, 0.1) is 37.0 Å². The van der Waals surface area contributed by atoms with Crippen LogP contribution < -0.4 is 10.5 Å². The van der Waals surface area contributed by atoms with Crippen molar-refractivity contribution in [3.63, 3.8) is 0 Å². The van der Waals surface area contributed by atoms with Crippen LogP contribution >= 0.6 is 0 Å². The topological polar surface area (TPSA) is 71.9 Å². The second-order valence-corrected chi connectivity index (χ2v) is 2.75. The molecule has 1 aromatic heterocycles. The van der Waals surface area contributed by atoms with Gasteiger partial charge < -0.3 is 10.5 Å². The fourth-order valence-corrected chi connectivity index (χ4v) is 1.25. The van der Waals surface area contributed by atoms with Crippen molar-refractivity contribution in [3.8, 4) is 11.9 Å². The predicted octanol–water partition coefficient (Wildman–Crippen LogP) is 1.68. The minimum Gasteiger partial charge on any atom is -0.481 e. The van der Waals surface area contributed by atoms with Crippen molar-refractivity contribution in [3.05, 3.63) is 17.3 Å². The second-order valence-electron chi connectivity index (χ2n) is 2.75. The summed E-state index contributed by atoms with van der Waals surface area (Å²) in [5.41, 5.74) is 4.92. The zero-order valence-corrected chi connectivity index (χ0v) is 8.00. The molecule has 0 saturated heterocycles. The van der Waals surface area contributed by atoms with Gasteiger partial charge in [0.2, 0.25) is 5.88 Å². The smallest absolute Gasteiger partial charge is 0.266 e. The van der Waals surface area contributed by atoms with Gasteiger partial charge in [0.1, 0.15) is 0 Å². The molecule has 0 aliphatic rings. The highest BCUT2D eigenvalue weighted by Crippen LogP contribution is 2.32. The number of alkyl halides is 2. The van der Waals surface area contributed by atoms with E-state index in [4.69, 9.17) is 15.7 Å². The zero-order chi connectivity index (χ0) is 11.4. The van der Waals surface area contributed by atoms with Crippen molar-refractivity contribution < 1.29 is 13.5 Å². The van der Waals surface area contributed by atoms with Crippen LogP contribution in [0.4, 0.5) is 14.5 Å². The lowest BCUT2D eigenvalue weighted by Crippen LogP contribution is -2.05. The van der Waals surface area contributed by atoms with Crippen molar-refractivity contribution in [1.29, 1.82) is 5.26 Å². The number of halogens is 2. The van der Waals surface area contributed by atoms with Crippen LogP contribution in [0.25, 0.3) is 0 Å². The molecule has 0 spiro atoms. The first-order valence-electron chi connectivity index (χ1n) is 4.08. The van der Waals surface area contributed by atoms with E-state index in [9.17, 15) is 8.78 Å². The lowest BCUT2D eigenvalue weighted by Gasteiger charge is -2.12. The summed E-state index contributed by atoms with van der Waals surface area (Å²) in [6.07, 6.45) is -1.85. The van der Waals surface area contributed by atoms with Crippen LogP contribution in [0, 0.1) is 11.3 Å². The number of hydrogen-bond acceptors (Lipinski definition) is 4. The summed E-state index contributed by atoms with van der Waals surface area (Å²) in [4.78, 5) is 3.73. The van der Waals surface area contributed by atoms with E-state index in [2.05, 4.69) is 4.98 Å². The Hall–Kier alpha value is -1.90. The molecule has 0 radical (unpaired) electrons. The molecule has 1 heterocycles. The average Bonchev–Trinajstić information content (AvgIpc) is 2.18. The van der Waals surface area contributed by atoms with E-state index in [1.54, 1.807) is 6.07 Å². The van der Waals surface area contributed by atoms with Crippen LogP contribution in [0.15, 0.2) is 6.20 Å². The normalized spacial score (nSPS) is 10.1. The summed E-state index contributed by atoms with van der Waals surface area (Å²) in [5, 5.41) is 8.52. The fourth-order valence-electron chi connectivity index (χ4n) is 1.25. The highest BCUT2D eigenvalue weighted by molar-refractivity contribution is 5.54. The molecule has 0 aliphatic carbocycles. The highest BCUT2D eigenvalue weighted by Gasteiger charge is 2.21. The second kappa shape index (κ2) is 4.55. The molecule has 4 nitrogen and oxygen atoms in total. The van der Waals surface area contributed by atoms with Crippen LogP contribution in [-0.2, 0) is 6.42 Å². The summed E-state index contributed by atoms with van der Waals surface area (Å²) in [7, 11) is 1.30. The average molecular weight is 213 g/mol. The number of nitrogens with zero attached hydrogens (tertiary/aromatic N) is 2. The molecule has 80 valence electrons. The first-order valence-corrected chi connectivity index (χ1v) is 4.08. The van der Waals surface area contributed by atoms with Gasteiger partial charge in [0.25, 0.3) is 6.43 Å². The van der Waals surface area contributed by atoms with E-state index >= 15 is 0 Å². The first kappa shape index (κ1) is 11.2. The maximum absolute atomic E-state index is 12.7. The molecule has 0 atom stereocenters. The Labute approximate surface area is 85.3 Å². The van der Waals surface area contributed by atoms with E-state index in [1.165, 1.54) is 7.11 Å². The number of hydrogen-bond donors (Lipinski definition) is 1. The molecule has 0 unspecified atom stereocenters. The fraction of sp³-hybridized carbons (Fsp3) is 0.333. The van der Waals surface area contributed by atoms with Gasteiger partial charge in [-0.1, -0.05) is 0 Å². The van der Waals surface area contributed by atoms with E-state index < -0.39 is 6.43 Å². The number of nitrogen functional groups attached to an aromatic ring is 1. The Morgan fingerprint density at radius 3 is 2.80 bits per heavy atom. The maximum Gasteiger partial charge on any atom is 0.266 e. The molecule has 0 saturated carbocycles. The summed E-state index contributed by atoms with van der Waals surface area (Å²) < 4.78 is 30.1. The Balaban J connectivity index is 3.38. The molecule has 1 aromatic rings. The Morgan fingerprint density at radius 2 is 2.33 bits per heavy atom. The molecular formula is C9H9F2N3O. The van der Waals surface area contributed by atoms with Crippen molar-refractivity contribution in [2.45, 2.75) is 12.8 Å². The van der Waals surface area contributed by atoms with Crippen LogP contribution in [0.3, 0.4) is 0 Å². The highest BCUT2D eigenvalue weighted by atomic mass is 19.3. The Kier molecular flexibility index (Phi) is 3.39. The van der Waals surface area contributed by atoms with Crippen molar-refractivity contribution in [2.75, 3.05) is 12.8 Å². The van der Waals surface area contributed by atoms with E-state index in [0.29, 0.717) is 0 Å². The molecule has 0 bridgehead atoms. The number of nitriles is 1. The minimum atomic E-state index is -2.75. The number of rotatable bonds is 3. The lowest BCUT2D eigenvalue weighted by molar-refractivity contribution is 0.150. The SMILES string of the molecule is COc1ncc(N)c(C(F)F)c1CC#N. The van der Waals surface area contributed by atoms with Gasteiger partial charge >= 0.3 is 0 Å². The third kappa shape index (κ3) is 2.13. The van der Waals surface area contributed by atoms with E-state index in [-0.39, 0.29) is 29.1 Å². The molecule has 1 rings (SSSR count). The minimum absolute atomic E-state index is 0.0149. The number of anilines is 1. The van der Waals surface area contributed by atoms with Gasteiger partial charge in [-0.2, -0.15) is 5.26 Å². The van der Waals surface area contributed by atoms with Gasteiger partial charge in [-0.25, -0.2) is 13.8 Å². The number of aromatic nitrogens is 1. The lowest BCUT2D eigenvalue weighted by atomic mass is 10.1. The first-order chi connectivity index (χ1) is 7.11. The van der Waals surface area contributed by atoms with Crippen molar-refractivity contribution in [1.82, 2.24) is 4.98 Å². The number of ether oxygens (including phenoxy) is 1. The van der Waals surface area contributed by atoms with Crippen LogP contribution in [0.1, 0.15) is 17.6 Å². The Morgan fingerprint density at radius 1 is 1.67 bits per heavy atom.